The van der Waals surface area contributed by atoms with Gasteiger partial charge >= 0.3 is 0 Å². The first-order chi connectivity index (χ1) is 11.5. The van der Waals surface area contributed by atoms with Gasteiger partial charge in [0.15, 0.2) is 0 Å². The number of hydrogen-bond donors (Lipinski definition) is 2. The molecular formula is C19H28N4O. The zero-order valence-electron chi connectivity index (χ0n) is 14.7. The number of benzene rings is 1. The van der Waals surface area contributed by atoms with Crippen LogP contribution in [0.2, 0.25) is 0 Å². The van der Waals surface area contributed by atoms with E-state index >= 15 is 0 Å². The topological polar surface area (TPSA) is 86.0 Å². The molecule has 1 saturated carbocycles. The first-order valence-corrected chi connectivity index (χ1v) is 8.73. The van der Waals surface area contributed by atoms with Gasteiger partial charge in [0.2, 0.25) is 0 Å². The summed E-state index contributed by atoms with van der Waals surface area (Å²) in [5, 5.41) is 0. The van der Waals surface area contributed by atoms with E-state index in [1.165, 1.54) is 11.1 Å². The summed E-state index contributed by atoms with van der Waals surface area (Å²) < 4.78 is 5.55. The van der Waals surface area contributed by atoms with Crippen LogP contribution in [0.15, 0.2) is 28.2 Å². The Balaban J connectivity index is 1.97. The van der Waals surface area contributed by atoms with Crippen LogP contribution in [0.5, 0.6) is 0 Å². The van der Waals surface area contributed by atoms with Gasteiger partial charge in [-0.1, -0.05) is 6.07 Å². The molecule has 1 aromatic rings. The Morgan fingerprint density at radius 2 is 1.88 bits per heavy atom. The highest BCUT2D eigenvalue weighted by atomic mass is 16.5. The highest BCUT2D eigenvalue weighted by Crippen LogP contribution is 2.41. The number of ether oxygens (including phenoxy) is 1. The van der Waals surface area contributed by atoms with Gasteiger partial charge in [-0.05, 0) is 67.7 Å². The number of amidine groups is 1. The van der Waals surface area contributed by atoms with Crippen LogP contribution in [0.3, 0.4) is 0 Å². The van der Waals surface area contributed by atoms with Crippen LogP contribution in [0.1, 0.15) is 43.7 Å². The minimum atomic E-state index is 0.155. The number of fused-ring (bicyclic) bond motifs is 1. The highest BCUT2D eigenvalue weighted by Gasteiger charge is 2.36. The molecule has 130 valence electrons. The average molecular weight is 328 g/mol. The van der Waals surface area contributed by atoms with Crippen molar-refractivity contribution in [2.45, 2.75) is 51.7 Å². The van der Waals surface area contributed by atoms with Gasteiger partial charge < -0.3 is 16.2 Å². The van der Waals surface area contributed by atoms with Crippen LogP contribution >= 0.6 is 0 Å². The third kappa shape index (κ3) is 3.61. The zero-order valence-corrected chi connectivity index (χ0v) is 14.7. The Hall–Kier alpha value is -1.88. The number of nitrogens with zero attached hydrogens (tertiary/aromatic N) is 2. The van der Waals surface area contributed by atoms with E-state index in [2.05, 4.69) is 22.1 Å². The van der Waals surface area contributed by atoms with Gasteiger partial charge in [-0.2, -0.15) is 0 Å². The van der Waals surface area contributed by atoms with E-state index in [1.54, 1.807) is 0 Å². The third-order valence-corrected chi connectivity index (χ3v) is 5.56. The van der Waals surface area contributed by atoms with E-state index in [4.69, 9.17) is 16.2 Å². The lowest BCUT2D eigenvalue weighted by atomic mass is 9.69. The molecule has 0 radical (unpaired) electrons. The summed E-state index contributed by atoms with van der Waals surface area (Å²) in [6.07, 6.45) is 5.78. The first-order valence-electron chi connectivity index (χ1n) is 8.73. The van der Waals surface area contributed by atoms with Crippen molar-refractivity contribution in [3.05, 3.63) is 29.3 Å². The maximum Gasteiger partial charge on any atom is 0.139 e. The van der Waals surface area contributed by atoms with Crippen molar-refractivity contribution in [3.8, 4) is 0 Å². The molecule has 2 aliphatic rings. The Kier molecular flexibility index (Phi) is 4.90. The van der Waals surface area contributed by atoms with Crippen LogP contribution < -0.4 is 11.5 Å². The minimum Gasteiger partial charge on any atom is -0.399 e. The second-order valence-electron chi connectivity index (χ2n) is 7.24. The summed E-state index contributed by atoms with van der Waals surface area (Å²) in [6, 6.07) is 6.21. The Bertz CT molecular complexity index is 657. The Labute approximate surface area is 144 Å². The van der Waals surface area contributed by atoms with Crippen LogP contribution in [0.25, 0.3) is 0 Å². The molecule has 5 nitrogen and oxygen atoms in total. The van der Waals surface area contributed by atoms with Crippen LogP contribution in [-0.2, 0) is 17.7 Å². The fourth-order valence-electron chi connectivity index (χ4n) is 3.85. The van der Waals surface area contributed by atoms with Crippen LogP contribution in [-0.4, -0.2) is 31.3 Å². The maximum absolute atomic E-state index is 6.13. The van der Waals surface area contributed by atoms with Gasteiger partial charge in [-0.25, -0.2) is 0 Å². The average Bonchev–Trinajstić information content (AvgIpc) is 2.59. The van der Waals surface area contributed by atoms with Crippen molar-refractivity contribution in [1.82, 2.24) is 0 Å². The molecule has 3 rings (SSSR count). The van der Waals surface area contributed by atoms with E-state index in [9.17, 15) is 0 Å². The lowest BCUT2D eigenvalue weighted by molar-refractivity contribution is 0.0294. The second-order valence-corrected chi connectivity index (χ2v) is 7.24. The lowest BCUT2D eigenvalue weighted by Gasteiger charge is -2.39. The first kappa shape index (κ1) is 17.0. The predicted molar refractivity (Wildman–Crippen MR) is 99.6 cm³/mol. The SMILES string of the molecule is COC1CCC2(CC1)CN=C(N)C(C)=NCc1cc(N)ccc1C2. The number of nitrogens with two attached hydrogens (primary N) is 2. The number of aliphatic imine (C=N–C) groups is 2. The molecule has 4 N–H and O–H groups in total. The monoisotopic (exact) mass is 328 g/mol. The van der Waals surface area contributed by atoms with E-state index < -0.39 is 0 Å². The third-order valence-electron chi connectivity index (χ3n) is 5.56. The summed E-state index contributed by atoms with van der Waals surface area (Å²) in [5.41, 5.74) is 16.4. The van der Waals surface area contributed by atoms with Gasteiger partial charge in [0.1, 0.15) is 5.84 Å². The quantitative estimate of drug-likeness (QED) is 0.777. The zero-order chi connectivity index (χ0) is 17.2. The van der Waals surface area contributed by atoms with Crippen LogP contribution in [0, 0.1) is 5.41 Å². The molecule has 1 aliphatic heterocycles. The molecule has 0 saturated heterocycles. The van der Waals surface area contributed by atoms with E-state index in [0.29, 0.717) is 18.5 Å². The van der Waals surface area contributed by atoms with Gasteiger partial charge in [0.25, 0.3) is 0 Å². The molecule has 5 heteroatoms. The molecule has 0 unspecified atom stereocenters. The summed E-state index contributed by atoms with van der Waals surface area (Å²) in [7, 11) is 1.81. The van der Waals surface area contributed by atoms with Gasteiger partial charge in [0.05, 0.1) is 18.4 Å². The normalized spacial score (nSPS) is 28.0. The smallest absolute Gasteiger partial charge is 0.139 e. The van der Waals surface area contributed by atoms with Crippen LogP contribution in [0.4, 0.5) is 5.69 Å². The summed E-state index contributed by atoms with van der Waals surface area (Å²) in [4.78, 5) is 9.28. The van der Waals surface area contributed by atoms with Crippen molar-refractivity contribution in [3.63, 3.8) is 0 Å². The molecule has 24 heavy (non-hydrogen) atoms. The van der Waals surface area contributed by atoms with Gasteiger partial charge in [-0.3, -0.25) is 9.98 Å². The molecule has 0 amide bonds. The van der Waals surface area contributed by atoms with Gasteiger partial charge in [-0.15, -0.1) is 0 Å². The minimum absolute atomic E-state index is 0.155. The van der Waals surface area contributed by atoms with E-state index in [1.807, 2.05) is 20.1 Å². The molecule has 1 aromatic carbocycles. The summed E-state index contributed by atoms with van der Waals surface area (Å²) >= 11 is 0. The van der Waals surface area contributed by atoms with Crippen molar-refractivity contribution < 1.29 is 4.74 Å². The Morgan fingerprint density at radius 1 is 1.12 bits per heavy atom. The van der Waals surface area contributed by atoms with Crippen molar-refractivity contribution in [2.75, 3.05) is 19.4 Å². The largest absolute Gasteiger partial charge is 0.399 e. The van der Waals surface area contributed by atoms with E-state index in [0.717, 1.165) is 50.0 Å². The molecule has 1 heterocycles. The molecular weight excluding hydrogens is 300 g/mol. The lowest BCUT2D eigenvalue weighted by Crippen LogP contribution is -2.37. The molecule has 0 aromatic heterocycles. The highest BCUT2D eigenvalue weighted by molar-refractivity contribution is 6.39. The standard InChI is InChI=1S/C19H28N4O/c1-13-18(21)23-12-19(7-5-17(24-2)6-8-19)10-14-3-4-16(20)9-15(14)11-22-13/h3-4,9,17H,5-8,10-12,20H2,1-2H3,(H2,21,23). The molecule has 0 atom stereocenters. The summed E-state index contributed by atoms with van der Waals surface area (Å²) in [5.74, 6) is 0.565. The maximum atomic E-state index is 6.13. The number of hydrogen-bond acceptors (Lipinski definition) is 5. The molecule has 1 fully saturated rings. The Morgan fingerprint density at radius 3 is 2.58 bits per heavy atom. The molecule has 1 aliphatic carbocycles. The van der Waals surface area contributed by atoms with Crippen molar-refractivity contribution in [1.29, 1.82) is 0 Å². The van der Waals surface area contributed by atoms with E-state index in [-0.39, 0.29) is 5.41 Å². The fraction of sp³-hybridized carbons (Fsp3) is 0.579. The number of nitrogen functional groups attached to an aromatic ring is 1. The van der Waals surface area contributed by atoms with Crippen molar-refractivity contribution >= 4 is 17.2 Å². The van der Waals surface area contributed by atoms with Crippen molar-refractivity contribution in [2.24, 2.45) is 21.1 Å². The molecule has 1 spiro atoms. The number of rotatable bonds is 1. The number of anilines is 1. The molecule has 0 bridgehead atoms. The summed E-state index contributed by atoms with van der Waals surface area (Å²) in [6.45, 7) is 3.30. The predicted octanol–water partition coefficient (Wildman–Crippen LogP) is 2.72. The number of methoxy groups -OCH3 is 1. The fourth-order valence-corrected chi connectivity index (χ4v) is 3.85. The van der Waals surface area contributed by atoms with Gasteiger partial charge in [0, 0.05) is 19.3 Å². The second kappa shape index (κ2) is 6.93.